The van der Waals surface area contributed by atoms with Crippen LogP contribution in [0, 0.1) is 12.7 Å². The first-order valence-corrected chi connectivity index (χ1v) is 40.8. The SMILES string of the molecule is CC[C@@]1(O)C(=O)OCc2c1cc1n(c2=O)Cc2c-1nc1cc(F)c(C)c3c1c2[C@@H](NC(=O)OCc1ccc(NC(=O)[C@H](C)NC(=O)[C@H](C)NC(=O)CCc2ccc(N4C(=O)C=CC4=O)cc2OCCCC(=O)N(C)CC(=O)N(C)CC(=O)N(C)CC(=O)N(C)CC(=O)N(C)CC(=O)N(C)CC(=O)N(C)CC(=O)N(C)CC(=O)N(C)CC(=O)N(C)CC(C)=O)cc1)CC3. The molecule has 0 fully saturated rings. The van der Waals surface area contributed by atoms with Gasteiger partial charge in [-0.1, -0.05) is 25.1 Å². The van der Waals surface area contributed by atoms with Crippen molar-refractivity contribution < 1.29 is 110 Å². The molecule has 127 heavy (non-hydrogen) atoms. The first-order valence-electron chi connectivity index (χ1n) is 40.8. The van der Waals surface area contributed by atoms with Crippen molar-refractivity contribution in [1.82, 2.24) is 74.5 Å². The van der Waals surface area contributed by atoms with Crippen molar-refractivity contribution in [3.05, 3.63) is 127 Å². The number of carbonyl (C=O) groups excluding carboxylic acids is 18. The number of nitrogens with one attached hydrogen (secondary N) is 4. The molecular formula is C86H106FN17O23. The number of Topliss-reactive ketones (excluding diaryl/α,β-unsaturated/α-hetero) is 1. The lowest BCUT2D eigenvalue weighted by atomic mass is 9.81. The van der Waals surface area contributed by atoms with Crippen LogP contribution >= 0.6 is 0 Å². The number of ether oxygens (including phenoxy) is 3. The zero-order valence-electron chi connectivity index (χ0n) is 73.6. The summed E-state index contributed by atoms with van der Waals surface area (Å²) in [4.78, 5) is 265. The molecule has 41 heteroatoms. The minimum Gasteiger partial charge on any atom is -0.493 e. The molecule has 1 aliphatic carbocycles. The molecule has 5 heterocycles. The van der Waals surface area contributed by atoms with Crippen molar-refractivity contribution in [2.75, 3.05) is 153 Å². The van der Waals surface area contributed by atoms with Gasteiger partial charge in [0.1, 0.15) is 42.6 Å². The molecule has 40 nitrogen and oxygen atoms in total. The second-order valence-corrected chi connectivity index (χ2v) is 32.1. The summed E-state index contributed by atoms with van der Waals surface area (Å²) in [6.07, 6.45) is 1.83. The number of cyclic esters (lactones) is 1. The molecule has 680 valence electrons. The van der Waals surface area contributed by atoms with E-state index in [1.165, 1.54) is 119 Å². The van der Waals surface area contributed by atoms with Crippen LogP contribution < -0.4 is 36.5 Å². The Hall–Kier alpha value is -13.9. The van der Waals surface area contributed by atoms with Gasteiger partial charge in [0.05, 0.1) is 113 Å². The van der Waals surface area contributed by atoms with Crippen LogP contribution in [0.25, 0.3) is 22.3 Å². The number of nitrogens with zero attached hydrogens (tertiary/aromatic N) is 13. The summed E-state index contributed by atoms with van der Waals surface area (Å²) in [5.41, 5.74) is 2.49. The number of pyridine rings is 2. The highest BCUT2D eigenvalue weighted by Crippen LogP contribution is 2.46. The number of alkyl carbamates (subject to hydrolysis) is 1. The average Bonchev–Trinajstić information content (AvgIpc) is 1.60. The van der Waals surface area contributed by atoms with Crippen LogP contribution in [-0.2, 0) is 129 Å². The molecule has 0 radical (unpaired) electrons. The molecule has 4 aliphatic rings. The van der Waals surface area contributed by atoms with E-state index in [1.807, 2.05) is 0 Å². The van der Waals surface area contributed by atoms with Gasteiger partial charge >= 0.3 is 12.1 Å². The van der Waals surface area contributed by atoms with E-state index in [2.05, 4.69) is 21.3 Å². The van der Waals surface area contributed by atoms with Crippen LogP contribution in [0.3, 0.4) is 0 Å². The Labute approximate surface area is 730 Å². The highest BCUT2D eigenvalue weighted by Gasteiger charge is 2.46. The molecule has 3 aromatic carbocycles. The van der Waals surface area contributed by atoms with Crippen LogP contribution in [0.2, 0.25) is 0 Å². The quantitative estimate of drug-likeness (QED) is 0.0190. The molecule has 2 aromatic heterocycles. The Balaban J connectivity index is 0.670. The molecule has 9 rings (SSSR count). The molecule has 0 saturated heterocycles. The topological polar surface area (TPSA) is 474 Å². The second-order valence-electron chi connectivity index (χ2n) is 32.1. The monoisotopic (exact) mass is 1760 g/mol. The van der Waals surface area contributed by atoms with Crippen molar-refractivity contribution in [2.24, 2.45) is 0 Å². The number of benzene rings is 3. The fraction of sp³-hybridized carbons (Fsp3) is 0.465. The third kappa shape index (κ3) is 23.6. The first-order chi connectivity index (χ1) is 59.8. The molecule has 5 aromatic rings. The predicted octanol–water partition coefficient (Wildman–Crippen LogP) is -0.217. The number of fused-ring (bicyclic) bond motifs is 5. The van der Waals surface area contributed by atoms with Gasteiger partial charge in [-0.25, -0.2) is 23.9 Å². The number of hydrogen-bond donors (Lipinski definition) is 5. The van der Waals surface area contributed by atoms with Crippen molar-refractivity contribution in [1.29, 1.82) is 0 Å². The molecule has 0 spiro atoms. The fourth-order valence-corrected chi connectivity index (χ4v) is 14.4. The van der Waals surface area contributed by atoms with E-state index >= 15 is 4.39 Å². The third-order valence-corrected chi connectivity index (χ3v) is 22.4. The van der Waals surface area contributed by atoms with Crippen molar-refractivity contribution in [3.63, 3.8) is 0 Å². The largest absolute Gasteiger partial charge is 0.493 e. The molecule has 0 bridgehead atoms. The molecule has 0 unspecified atom stereocenters. The first kappa shape index (κ1) is 96.9. The number of imide groups is 1. The lowest BCUT2D eigenvalue weighted by Crippen LogP contribution is -2.50. The molecule has 5 N–H and O–H groups in total. The van der Waals surface area contributed by atoms with Gasteiger partial charge in [-0.15, -0.1) is 0 Å². The van der Waals surface area contributed by atoms with Gasteiger partial charge in [-0.2, -0.15) is 0 Å². The smallest absolute Gasteiger partial charge is 0.407 e. The standard InChI is InChI=1S/C86H106FN17O23/c1-16-86(124)59-33-63-80-57(36-103(63)83(121)58(59)47-126-84(86)122)79-61(27-26-56-49(3)60(87)34-62(91-80)78(56)79)92-85(123)127-46-52-19-23-54(24-20-52)90-82(120)51(5)89-81(119)50(4)88-65(106)28-22-53-21-25-55(104-67(108)29-30-68(104)109)32-64(53)125-31-17-18-66(107)94(7)37-70(111)96(9)39-72(113)98(11)41-74(115)100(13)43-76(117)102(15)45-77(118)101(14)44-75(116)99(12)42-73(114)97(10)40-71(112)95(8)38-69(110)93(6)35-48(2)105/h19-21,23-25,29-30,32-34,50-51,61,124H,16-18,22,26-28,31,35-47H2,1-15H3,(H,88,106)(H,89,119)(H,90,120)(H,92,123)/t50-,51-,61-,86-/m0/s1. The number of ketones is 1. The Bertz CT molecular complexity index is 5350. The van der Waals surface area contributed by atoms with Crippen molar-refractivity contribution in [3.8, 4) is 17.1 Å². The summed E-state index contributed by atoms with van der Waals surface area (Å²) in [6, 6.07) is 10.8. The second kappa shape index (κ2) is 41.7. The maximum absolute atomic E-state index is 15.5. The normalized spacial score (nSPS) is 14.9. The number of amides is 16. The Morgan fingerprint density at radius 1 is 0.598 bits per heavy atom. The number of esters is 1. The lowest BCUT2D eigenvalue weighted by Gasteiger charge is -2.31. The average molecular weight is 1760 g/mol. The Morgan fingerprint density at radius 2 is 1.08 bits per heavy atom. The number of aryl methyl sites for hydroxylation is 2. The minimum absolute atomic E-state index is 0.0169. The van der Waals surface area contributed by atoms with Crippen molar-refractivity contribution >= 4 is 129 Å². The zero-order valence-corrected chi connectivity index (χ0v) is 73.6. The zero-order chi connectivity index (χ0) is 93.7. The van der Waals surface area contributed by atoms with E-state index in [0.717, 1.165) is 61.2 Å². The highest BCUT2D eigenvalue weighted by molar-refractivity contribution is 6.28. The van der Waals surface area contributed by atoms with Gasteiger partial charge in [0.2, 0.25) is 76.8 Å². The molecule has 0 saturated carbocycles. The van der Waals surface area contributed by atoms with E-state index in [-0.39, 0.29) is 99.9 Å². The van der Waals surface area contributed by atoms with E-state index < -0.39 is 188 Å². The fourth-order valence-electron chi connectivity index (χ4n) is 14.4. The van der Waals surface area contributed by atoms with E-state index in [0.29, 0.717) is 74.2 Å². The molecule has 4 atom stereocenters. The number of rotatable bonds is 38. The van der Waals surface area contributed by atoms with Crippen LogP contribution in [0.15, 0.2) is 71.5 Å². The van der Waals surface area contributed by atoms with Crippen molar-refractivity contribution in [2.45, 2.75) is 123 Å². The Morgan fingerprint density at radius 3 is 1.57 bits per heavy atom. The summed E-state index contributed by atoms with van der Waals surface area (Å²) in [7, 11) is 13.3. The molecule has 3 aliphatic heterocycles. The molecular weight excluding hydrogens is 1660 g/mol. The summed E-state index contributed by atoms with van der Waals surface area (Å²) in [6.45, 7) is 2.46. The molecule has 16 amide bonds. The van der Waals surface area contributed by atoms with Gasteiger partial charge in [0.25, 0.3) is 17.4 Å². The van der Waals surface area contributed by atoms with Crippen LogP contribution in [0.5, 0.6) is 5.75 Å². The lowest BCUT2D eigenvalue weighted by molar-refractivity contribution is -0.172. The van der Waals surface area contributed by atoms with Crippen LogP contribution in [0.4, 0.5) is 20.6 Å². The van der Waals surface area contributed by atoms with Gasteiger partial charge < -0.3 is 94.2 Å². The summed E-state index contributed by atoms with van der Waals surface area (Å²) >= 11 is 0. The van der Waals surface area contributed by atoms with Gasteiger partial charge in [0.15, 0.2) is 5.60 Å². The number of anilines is 2. The summed E-state index contributed by atoms with van der Waals surface area (Å²) < 4.78 is 34.0. The van der Waals surface area contributed by atoms with Gasteiger partial charge in [0, 0.05) is 130 Å². The van der Waals surface area contributed by atoms with E-state index in [1.54, 1.807) is 50.2 Å². The minimum atomic E-state index is -2.07. The highest BCUT2D eigenvalue weighted by atomic mass is 19.1. The predicted molar refractivity (Wildman–Crippen MR) is 452 cm³/mol. The number of carbonyl (C=O) groups is 18. The number of aromatic nitrogens is 2. The van der Waals surface area contributed by atoms with E-state index in [9.17, 15) is 96.2 Å². The van der Waals surface area contributed by atoms with Crippen LogP contribution in [0.1, 0.15) is 110 Å². The van der Waals surface area contributed by atoms with Crippen LogP contribution in [-0.4, -0.2) is 325 Å². The van der Waals surface area contributed by atoms with E-state index in [4.69, 9.17) is 19.2 Å². The summed E-state index contributed by atoms with van der Waals surface area (Å²) in [5, 5.41) is 23.0. The number of halogens is 1. The van der Waals surface area contributed by atoms with Gasteiger partial charge in [-0.05, 0) is 112 Å². The number of hydrogen-bond acceptors (Lipinski definition) is 24. The Kier molecular flexibility index (Phi) is 31.8. The van der Waals surface area contributed by atoms with Gasteiger partial charge in [-0.3, -0.25) is 81.5 Å². The summed E-state index contributed by atoms with van der Waals surface area (Å²) in [5.74, 6) is -10.7. The maximum Gasteiger partial charge on any atom is 0.407 e. The number of likely N-dealkylation sites (N-methyl/N-ethyl adjacent to an activating group) is 10. The third-order valence-electron chi connectivity index (χ3n) is 22.4. The number of aliphatic hydroxyl groups is 1. The maximum atomic E-state index is 15.5.